The van der Waals surface area contributed by atoms with E-state index in [0.717, 1.165) is 24.3 Å². The second-order valence-corrected chi connectivity index (χ2v) is 8.28. The molecule has 0 bridgehead atoms. The molecule has 6 rings (SSSR count). The molecular formula is C27H22O. The number of aryl methyl sites for hydroxylation is 1. The van der Waals surface area contributed by atoms with Gasteiger partial charge in [0.1, 0.15) is 11.5 Å². The summed E-state index contributed by atoms with van der Waals surface area (Å²) >= 11 is 0. The van der Waals surface area contributed by atoms with Crippen LogP contribution in [0.3, 0.4) is 0 Å². The zero-order valence-electron chi connectivity index (χ0n) is 16.3. The van der Waals surface area contributed by atoms with Gasteiger partial charge in [0.25, 0.3) is 0 Å². The van der Waals surface area contributed by atoms with E-state index in [1.165, 1.54) is 44.5 Å². The monoisotopic (exact) mass is 362 g/mol. The SMILES string of the molecule is CC1=CC2=C(CC1)c1ccc(C)cc1C21c2ccccc2Oc2ccccc21. The molecule has 0 fully saturated rings. The van der Waals surface area contributed by atoms with Crippen molar-refractivity contribution >= 4 is 5.57 Å². The number of hydrogen-bond donors (Lipinski definition) is 0. The molecule has 0 amide bonds. The molecular weight excluding hydrogens is 340 g/mol. The Labute approximate surface area is 166 Å². The highest BCUT2D eigenvalue weighted by molar-refractivity contribution is 5.90. The summed E-state index contributed by atoms with van der Waals surface area (Å²) in [6.07, 6.45) is 4.70. The molecule has 0 aromatic heterocycles. The first-order valence-corrected chi connectivity index (χ1v) is 10.1. The second kappa shape index (κ2) is 5.48. The third-order valence-corrected chi connectivity index (χ3v) is 6.60. The zero-order chi connectivity index (χ0) is 18.9. The van der Waals surface area contributed by atoms with Crippen LogP contribution >= 0.6 is 0 Å². The van der Waals surface area contributed by atoms with Crippen LogP contribution in [0.5, 0.6) is 11.5 Å². The summed E-state index contributed by atoms with van der Waals surface area (Å²) in [7, 11) is 0. The lowest BCUT2D eigenvalue weighted by Gasteiger charge is -2.40. The molecule has 136 valence electrons. The topological polar surface area (TPSA) is 9.23 Å². The summed E-state index contributed by atoms with van der Waals surface area (Å²) in [5, 5.41) is 0. The number of benzene rings is 3. The van der Waals surface area contributed by atoms with Crippen LogP contribution in [0.25, 0.3) is 5.57 Å². The van der Waals surface area contributed by atoms with Crippen LogP contribution < -0.4 is 4.74 Å². The number of allylic oxidation sites excluding steroid dienone is 4. The van der Waals surface area contributed by atoms with E-state index in [1.54, 1.807) is 0 Å². The largest absolute Gasteiger partial charge is 0.457 e. The quantitative estimate of drug-likeness (QED) is 0.421. The van der Waals surface area contributed by atoms with Gasteiger partial charge in [0.15, 0.2) is 0 Å². The van der Waals surface area contributed by atoms with E-state index >= 15 is 0 Å². The summed E-state index contributed by atoms with van der Waals surface area (Å²) < 4.78 is 6.37. The summed E-state index contributed by atoms with van der Waals surface area (Å²) in [5.41, 5.74) is 10.8. The lowest BCUT2D eigenvalue weighted by molar-refractivity contribution is 0.435. The molecule has 3 aliphatic rings. The normalized spacial score (nSPS) is 18.0. The third-order valence-electron chi connectivity index (χ3n) is 6.60. The standard InChI is InChI=1S/C27H22O/c1-17-11-13-19-20-14-12-18(2)16-24(20)27(23(19)15-17)21-7-3-5-9-25(21)28-26-10-6-4-8-22(26)27/h3-11,13,15-16H,12,14H2,1-2H3. The maximum Gasteiger partial charge on any atom is 0.132 e. The van der Waals surface area contributed by atoms with E-state index in [4.69, 9.17) is 4.74 Å². The Morgan fingerprint density at radius 3 is 2.14 bits per heavy atom. The highest BCUT2D eigenvalue weighted by Crippen LogP contribution is 2.62. The Bertz CT molecular complexity index is 1160. The van der Waals surface area contributed by atoms with E-state index in [-0.39, 0.29) is 5.41 Å². The average Bonchev–Trinajstić information content (AvgIpc) is 2.98. The molecule has 0 saturated heterocycles. The Hall–Kier alpha value is -3.06. The fourth-order valence-corrected chi connectivity index (χ4v) is 5.43. The maximum atomic E-state index is 6.37. The molecule has 1 heteroatoms. The second-order valence-electron chi connectivity index (χ2n) is 8.28. The summed E-state index contributed by atoms with van der Waals surface area (Å²) in [6, 6.07) is 24.2. The number of para-hydroxylation sites is 2. The van der Waals surface area contributed by atoms with Crippen molar-refractivity contribution in [3.63, 3.8) is 0 Å². The van der Waals surface area contributed by atoms with Gasteiger partial charge in [0.2, 0.25) is 0 Å². The van der Waals surface area contributed by atoms with Gasteiger partial charge in [-0.1, -0.05) is 71.8 Å². The minimum Gasteiger partial charge on any atom is -0.457 e. The van der Waals surface area contributed by atoms with Crippen LogP contribution in [0.4, 0.5) is 0 Å². The molecule has 0 radical (unpaired) electrons. The van der Waals surface area contributed by atoms with Crippen molar-refractivity contribution in [2.45, 2.75) is 32.1 Å². The summed E-state index contributed by atoms with van der Waals surface area (Å²) in [5.74, 6) is 1.94. The molecule has 0 atom stereocenters. The third kappa shape index (κ3) is 1.87. The summed E-state index contributed by atoms with van der Waals surface area (Å²) in [4.78, 5) is 0. The van der Waals surface area contributed by atoms with E-state index in [1.807, 2.05) is 0 Å². The van der Waals surface area contributed by atoms with Gasteiger partial charge in [0.05, 0.1) is 5.41 Å². The highest BCUT2D eigenvalue weighted by atomic mass is 16.5. The molecule has 1 aliphatic heterocycles. The molecule has 0 N–H and O–H groups in total. The van der Waals surface area contributed by atoms with E-state index in [9.17, 15) is 0 Å². The Kier molecular flexibility index (Phi) is 3.12. The van der Waals surface area contributed by atoms with Gasteiger partial charge >= 0.3 is 0 Å². The number of ether oxygens (including phenoxy) is 1. The van der Waals surface area contributed by atoms with Crippen LogP contribution in [0.15, 0.2) is 84.0 Å². The molecule has 2 aliphatic carbocycles. The summed E-state index contributed by atoms with van der Waals surface area (Å²) in [6.45, 7) is 4.46. The number of rotatable bonds is 0. The minimum absolute atomic E-state index is 0.288. The predicted molar refractivity (Wildman–Crippen MR) is 114 cm³/mol. The molecule has 3 aromatic rings. The molecule has 0 unspecified atom stereocenters. The molecule has 1 heterocycles. The fourth-order valence-electron chi connectivity index (χ4n) is 5.43. The van der Waals surface area contributed by atoms with Gasteiger partial charge in [-0.15, -0.1) is 0 Å². The van der Waals surface area contributed by atoms with Crippen molar-refractivity contribution in [3.8, 4) is 11.5 Å². The molecule has 3 aromatic carbocycles. The molecule has 0 saturated carbocycles. The number of fused-ring (bicyclic) bond motifs is 8. The molecule has 28 heavy (non-hydrogen) atoms. The van der Waals surface area contributed by atoms with Crippen molar-refractivity contribution in [3.05, 3.63) is 112 Å². The Morgan fingerprint density at radius 1 is 0.750 bits per heavy atom. The fraction of sp³-hybridized carbons (Fsp3) is 0.185. The van der Waals surface area contributed by atoms with E-state index in [2.05, 4.69) is 86.7 Å². The minimum atomic E-state index is -0.288. The first-order valence-electron chi connectivity index (χ1n) is 10.1. The lowest BCUT2D eigenvalue weighted by Crippen LogP contribution is -2.33. The average molecular weight is 362 g/mol. The van der Waals surface area contributed by atoms with Gasteiger partial charge in [-0.05, 0) is 61.1 Å². The first kappa shape index (κ1) is 15.9. The molecule has 1 nitrogen and oxygen atoms in total. The van der Waals surface area contributed by atoms with E-state index in [0.29, 0.717) is 0 Å². The van der Waals surface area contributed by atoms with Crippen LogP contribution in [-0.4, -0.2) is 0 Å². The Balaban J connectivity index is 1.83. The van der Waals surface area contributed by atoms with Crippen molar-refractivity contribution in [1.82, 2.24) is 0 Å². The Morgan fingerprint density at radius 2 is 1.43 bits per heavy atom. The van der Waals surface area contributed by atoms with Crippen molar-refractivity contribution < 1.29 is 4.74 Å². The van der Waals surface area contributed by atoms with Crippen LogP contribution in [0.1, 0.15) is 47.6 Å². The highest BCUT2D eigenvalue weighted by Gasteiger charge is 2.51. The first-order chi connectivity index (χ1) is 13.7. The van der Waals surface area contributed by atoms with E-state index < -0.39 is 0 Å². The van der Waals surface area contributed by atoms with Crippen molar-refractivity contribution in [2.75, 3.05) is 0 Å². The van der Waals surface area contributed by atoms with Crippen LogP contribution in [-0.2, 0) is 5.41 Å². The zero-order valence-corrected chi connectivity index (χ0v) is 16.3. The van der Waals surface area contributed by atoms with Crippen LogP contribution in [0.2, 0.25) is 0 Å². The predicted octanol–water partition coefficient (Wildman–Crippen LogP) is 6.94. The molecule has 1 spiro atoms. The van der Waals surface area contributed by atoms with Gasteiger partial charge in [-0.2, -0.15) is 0 Å². The van der Waals surface area contributed by atoms with Crippen LogP contribution in [0, 0.1) is 6.92 Å². The van der Waals surface area contributed by atoms with Gasteiger partial charge in [-0.3, -0.25) is 0 Å². The lowest BCUT2D eigenvalue weighted by atomic mass is 9.64. The number of hydrogen-bond acceptors (Lipinski definition) is 1. The van der Waals surface area contributed by atoms with Gasteiger partial charge in [0, 0.05) is 11.1 Å². The van der Waals surface area contributed by atoms with Crippen molar-refractivity contribution in [2.24, 2.45) is 0 Å². The van der Waals surface area contributed by atoms with Gasteiger partial charge in [-0.25, -0.2) is 0 Å². The van der Waals surface area contributed by atoms with Gasteiger partial charge < -0.3 is 4.74 Å². The van der Waals surface area contributed by atoms with Crippen molar-refractivity contribution in [1.29, 1.82) is 0 Å². The smallest absolute Gasteiger partial charge is 0.132 e. The maximum absolute atomic E-state index is 6.37.